The molecule has 2 N–H and O–H groups in total. The van der Waals surface area contributed by atoms with Gasteiger partial charge in [-0.3, -0.25) is 9.59 Å². The van der Waals surface area contributed by atoms with E-state index < -0.39 is 18.3 Å². The lowest BCUT2D eigenvalue weighted by Gasteiger charge is -2.35. The van der Waals surface area contributed by atoms with Crippen LogP contribution in [0.15, 0.2) is 66.7 Å². The Hall–Kier alpha value is -2.96. The molecule has 2 saturated heterocycles. The number of nitrogens with zero attached hydrogens (tertiary/aromatic N) is 1. The number of allylic oxidation sites excluding steroid dienone is 1. The summed E-state index contributed by atoms with van der Waals surface area (Å²) in [6, 6.07) is 18.3. The molecule has 0 aliphatic carbocycles. The highest BCUT2D eigenvalue weighted by molar-refractivity contribution is 5.87. The van der Waals surface area contributed by atoms with Crippen LogP contribution < -0.4 is 0 Å². The zero-order chi connectivity index (χ0) is 26.7. The molecule has 0 unspecified atom stereocenters. The van der Waals surface area contributed by atoms with Crippen LogP contribution in [0.1, 0.15) is 62.8 Å². The van der Waals surface area contributed by atoms with Gasteiger partial charge in [0, 0.05) is 13.1 Å². The molecule has 0 saturated carbocycles. The molecule has 0 aromatic heterocycles. The van der Waals surface area contributed by atoms with Crippen molar-refractivity contribution in [3.8, 4) is 0 Å². The van der Waals surface area contributed by atoms with Gasteiger partial charge in [-0.2, -0.15) is 0 Å². The summed E-state index contributed by atoms with van der Waals surface area (Å²) in [6.45, 7) is 13.0. The Kier molecular flexibility index (Phi) is 11.8. The number of aliphatic hydroxyl groups is 2. The monoisotopic (exact) mass is 495 g/mol. The molecule has 2 aliphatic heterocycles. The minimum absolute atomic E-state index is 0.0403. The molecule has 2 fully saturated rings. The third-order valence-corrected chi connectivity index (χ3v) is 6.39. The molecule has 1 amide bonds. The fraction of sp³-hybridized carbons (Fsp3) is 0.467. The van der Waals surface area contributed by atoms with Gasteiger partial charge in [0.2, 0.25) is 5.91 Å². The molecule has 0 radical (unpaired) electrons. The fourth-order valence-electron chi connectivity index (χ4n) is 4.58. The second-order valence-corrected chi connectivity index (χ2v) is 9.18. The van der Waals surface area contributed by atoms with Gasteiger partial charge < -0.3 is 19.8 Å². The van der Waals surface area contributed by atoms with E-state index in [1.54, 1.807) is 0 Å². The normalized spacial score (nSPS) is 19.5. The molecular formula is C30H41NO5. The number of likely N-dealkylation sites (tertiary alicyclic amines) is 1. The maximum atomic E-state index is 13.2. The van der Waals surface area contributed by atoms with Crippen LogP contribution in [0, 0.1) is 18.8 Å². The first-order chi connectivity index (χ1) is 17.2. The molecule has 6 nitrogen and oxygen atoms in total. The Labute approximate surface area is 215 Å². The number of aliphatic hydroxyl groups excluding tert-OH is 1. The van der Waals surface area contributed by atoms with Crippen molar-refractivity contribution in [1.82, 2.24) is 4.90 Å². The summed E-state index contributed by atoms with van der Waals surface area (Å²) in [7, 11) is 0. The molecule has 4 rings (SSSR count). The Balaban J connectivity index is 0.000000694. The van der Waals surface area contributed by atoms with Crippen molar-refractivity contribution >= 4 is 11.9 Å². The summed E-state index contributed by atoms with van der Waals surface area (Å²) in [6.07, 6.45) is 1.26. The van der Waals surface area contributed by atoms with Gasteiger partial charge in [0.05, 0.1) is 12.3 Å². The molecule has 2 aromatic rings. The van der Waals surface area contributed by atoms with Crippen LogP contribution in [-0.4, -0.2) is 46.4 Å². The third kappa shape index (κ3) is 8.61. The Morgan fingerprint density at radius 1 is 1.06 bits per heavy atom. The van der Waals surface area contributed by atoms with E-state index >= 15 is 0 Å². The first kappa shape index (κ1) is 29.3. The summed E-state index contributed by atoms with van der Waals surface area (Å²) in [5.41, 5.74) is 4.56. The minimum atomic E-state index is -1.17. The lowest BCUT2D eigenvalue weighted by molar-refractivity contribution is -0.142. The van der Waals surface area contributed by atoms with Gasteiger partial charge in [0.25, 0.3) is 0 Å². The predicted octanol–water partition coefficient (Wildman–Crippen LogP) is 4.98. The zero-order valence-corrected chi connectivity index (χ0v) is 22.0. The third-order valence-electron chi connectivity index (χ3n) is 6.39. The van der Waals surface area contributed by atoms with E-state index in [9.17, 15) is 9.59 Å². The Morgan fingerprint density at radius 2 is 1.61 bits per heavy atom. The molecule has 36 heavy (non-hydrogen) atoms. The van der Waals surface area contributed by atoms with Crippen molar-refractivity contribution in [2.24, 2.45) is 11.8 Å². The number of hydrogen-bond acceptors (Lipinski definition) is 5. The van der Waals surface area contributed by atoms with Crippen molar-refractivity contribution in [1.29, 1.82) is 0 Å². The van der Waals surface area contributed by atoms with Gasteiger partial charge >= 0.3 is 5.97 Å². The first-order valence-electron chi connectivity index (χ1n) is 12.9. The average molecular weight is 496 g/mol. The van der Waals surface area contributed by atoms with Crippen molar-refractivity contribution in [3.63, 3.8) is 0 Å². The number of aryl methyl sites for hydroxylation is 1. The van der Waals surface area contributed by atoms with E-state index in [1.165, 1.54) is 18.1 Å². The quantitative estimate of drug-likeness (QED) is 0.347. The number of carbonyl (C=O) groups excluding carboxylic acids is 2. The SMILES string of the molecule is C=C(Cc1ccccc1)C1CCN(C(=O)[C@H]2CC(=O)O[C@@H]2c2ccc(C)cc2)CC1.CC.CC(O)O. The number of benzene rings is 2. The van der Waals surface area contributed by atoms with Crippen molar-refractivity contribution in [2.75, 3.05) is 13.1 Å². The van der Waals surface area contributed by atoms with Gasteiger partial charge in [0.1, 0.15) is 12.4 Å². The fourth-order valence-corrected chi connectivity index (χ4v) is 4.58. The van der Waals surface area contributed by atoms with E-state index in [0.29, 0.717) is 19.0 Å². The molecule has 0 spiro atoms. The smallest absolute Gasteiger partial charge is 0.307 e. The molecule has 196 valence electrons. The highest BCUT2D eigenvalue weighted by Gasteiger charge is 2.43. The number of rotatable bonds is 5. The molecular weight excluding hydrogens is 454 g/mol. The van der Waals surface area contributed by atoms with Crippen LogP contribution in [0.5, 0.6) is 0 Å². The lowest BCUT2D eigenvalue weighted by Crippen LogP contribution is -2.42. The van der Waals surface area contributed by atoms with E-state index in [-0.39, 0.29) is 18.3 Å². The lowest BCUT2D eigenvalue weighted by atomic mass is 9.85. The van der Waals surface area contributed by atoms with Crippen LogP contribution in [0.3, 0.4) is 0 Å². The summed E-state index contributed by atoms with van der Waals surface area (Å²) in [5.74, 6) is -0.239. The predicted molar refractivity (Wildman–Crippen MR) is 142 cm³/mol. The maximum Gasteiger partial charge on any atom is 0.307 e. The Morgan fingerprint density at radius 3 is 2.17 bits per heavy atom. The minimum Gasteiger partial charge on any atom is -0.457 e. The molecule has 2 heterocycles. The largest absolute Gasteiger partial charge is 0.457 e. The van der Waals surface area contributed by atoms with Crippen LogP contribution >= 0.6 is 0 Å². The second kappa shape index (κ2) is 14.6. The molecule has 6 heteroatoms. The number of amides is 1. The van der Waals surface area contributed by atoms with Gasteiger partial charge in [-0.25, -0.2) is 0 Å². The van der Waals surface area contributed by atoms with Crippen LogP contribution in [0.25, 0.3) is 0 Å². The molecule has 2 aliphatic rings. The topological polar surface area (TPSA) is 87.1 Å². The standard InChI is InChI=1S/C26H29NO3.C2H6O2.C2H6/c1-18-8-10-22(11-9-18)25-23(17-24(28)30-25)26(29)27-14-12-21(13-15-27)19(2)16-20-6-4-3-5-7-20;1-2(3)4;1-2/h3-11,21,23,25H,2,12-17H2,1H3;2-4H,1H3;1-2H3/t23-,25+;;/m0../s1. The van der Waals surface area contributed by atoms with Crippen LogP contribution in [0.4, 0.5) is 0 Å². The van der Waals surface area contributed by atoms with Crippen LogP contribution in [0.2, 0.25) is 0 Å². The summed E-state index contributed by atoms with van der Waals surface area (Å²) in [4.78, 5) is 27.2. The van der Waals surface area contributed by atoms with E-state index in [1.807, 2.05) is 56.0 Å². The Bertz CT molecular complexity index is 960. The number of esters is 1. The first-order valence-corrected chi connectivity index (χ1v) is 12.9. The van der Waals surface area contributed by atoms with Crippen molar-refractivity contribution < 1.29 is 24.5 Å². The van der Waals surface area contributed by atoms with Gasteiger partial charge in [-0.15, -0.1) is 0 Å². The number of carbonyl (C=O) groups is 2. The van der Waals surface area contributed by atoms with E-state index in [0.717, 1.165) is 30.4 Å². The average Bonchev–Trinajstić information content (AvgIpc) is 3.27. The second-order valence-electron chi connectivity index (χ2n) is 9.18. The van der Waals surface area contributed by atoms with E-state index in [4.69, 9.17) is 14.9 Å². The summed E-state index contributed by atoms with van der Waals surface area (Å²) in [5, 5.41) is 15.2. The number of piperidine rings is 1. The molecule has 0 bridgehead atoms. The van der Waals surface area contributed by atoms with Gasteiger partial charge in [-0.05, 0) is 50.2 Å². The molecule has 2 atom stereocenters. The molecule has 2 aromatic carbocycles. The number of cyclic esters (lactones) is 1. The van der Waals surface area contributed by atoms with Gasteiger partial charge in [0.15, 0.2) is 0 Å². The summed E-state index contributed by atoms with van der Waals surface area (Å²) < 4.78 is 5.54. The highest BCUT2D eigenvalue weighted by Crippen LogP contribution is 2.38. The van der Waals surface area contributed by atoms with Crippen molar-refractivity contribution in [3.05, 3.63) is 83.4 Å². The van der Waals surface area contributed by atoms with Crippen LogP contribution in [-0.2, 0) is 20.7 Å². The zero-order valence-electron chi connectivity index (χ0n) is 22.0. The number of hydrogen-bond donors (Lipinski definition) is 2. The van der Waals surface area contributed by atoms with Gasteiger partial charge in [-0.1, -0.05) is 86.2 Å². The van der Waals surface area contributed by atoms with E-state index in [2.05, 4.69) is 30.8 Å². The number of ether oxygens (including phenoxy) is 1. The highest BCUT2D eigenvalue weighted by atomic mass is 16.6. The summed E-state index contributed by atoms with van der Waals surface area (Å²) >= 11 is 0. The van der Waals surface area contributed by atoms with Crippen molar-refractivity contribution in [2.45, 2.75) is 65.8 Å². The maximum absolute atomic E-state index is 13.2.